The predicted octanol–water partition coefficient (Wildman–Crippen LogP) is 2.28. The largest absolute Gasteiger partial charge is 0.394 e. The van der Waals surface area contributed by atoms with Gasteiger partial charge in [-0.05, 0) is 24.8 Å². The van der Waals surface area contributed by atoms with Crippen LogP contribution < -0.4 is 0 Å². The molecule has 19 heavy (non-hydrogen) atoms. The van der Waals surface area contributed by atoms with Gasteiger partial charge in [0.05, 0.1) is 19.8 Å². The summed E-state index contributed by atoms with van der Waals surface area (Å²) >= 11 is 3.54. The molecule has 1 N–H and O–H groups in total. The molecule has 0 aromatic carbocycles. The van der Waals surface area contributed by atoms with Gasteiger partial charge in [0.2, 0.25) is 0 Å². The summed E-state index contributed by atoms with van der Waals surface area (Å²) in [5, 5.41) is 11.0. The van der Waals surface area contributed by atoms with E-state index in [9.17, 15) is 0 Å². The Bertz CT molecular complexity index is 571. The molecule has 3 rings (SSSR count). The van der Waals surface area contributed by atoms with Gasteiger partial charge in [0.25, 0.3) is 0 Å². The van der Waals surface area contributed by atoms with Gasteiger partial charge in [-0.25, -0.2) is 9.97 Å². The maximum Gasteiger partial charge on any atom is 0.128 e. The Kier molecular flexibility index (Phi) is 4.32. The zero-order valence-corrected chi connectivity index (χ0v) is 12.2. The minimum atomic E-state index is 0.0838. The average Bonchev–Trinajstić information content (AvgIpc) is 2.98. The van der Waals surface area contributed by atoms with Crippen molar-refractivity contribution in [2.45, 2.75) is 24.3 Å². The van der Waals surface area contributed by atoms with Gasteiger partial charge in [-0.1, -0.05) is 0 Å². The molecule has 0 saturated carbocycles. The number of thioether (sulfide) groups is 1. The van der Waals surface area contributed by atoms with Crippen molar-refractivity contribution >= 4 is 33.3 Å². The highest BCUT2D eigenvalue weighted by Crippen LogP contribution is 2.39. The van der Waals surface area contributed by atoms with Crippen molar-refractivity contribution < 1.29 is 9.84 Å². The Morgan fingerprint density at radius 2 is 2.26 bits per heavy atom. The van der Waals surface area contributed by atoms with Crippen LogP contribution in [0.3, 0.4) is 0 Å². The second-order valence-corrected chi connectivity index (χ2v) is 6.57. The topological polar surface area (TPSA) is 55.2 Å². The van der Waals surface area contributed by atoms with Crippen LogP contribution in [0.5, 0.6) is 0 Å². The third-order valence-corrected chi connectivity index (χ3v) is 5.32. The summed E-state index contributed by atoms with van der Waals surface area (Å²) < 4.78 is 5.28. The first-order valence-corrected chi connectivity index (χ1v) is 8.27. The van der Waals surface area contributed by atoms with E-state index in [1.54, 1.807) is 18.1 Å². The van der Waals surface area contributed by atoms with Crippen molar-refractivity contribution in [3.05, 3.63) is 16.8 Å². The summed E-state index contributed by atoms with van der Waals surface area (Å²) in [6.45, 7) is 1.14. The van der Waals surface area contributed by atoms with Crippen LogP contribution in [0.15, 0.2) is 11.4 Å². The van der Waals surface area contributed by atoms with E-state index in [1.807, 2.05) is 11.3 Å². The van der Waals surface area contributed by atoms with Crippen LogP contribution >= 0.6 is 23.1 Å². The molecule has 2 heterocycles. The lowest BCUT2D eigenvalue weighted by atomic mass is 10.2. The smallest absolute Gasteiger partial charge is 0.128 e. The van der Waals surface area contributed by atoms with Gasteiger partial charge >= 0.3 is 0 Å². The number of rotatable bonds is 6. The van der Waals surface area contributed by atoms with Crippen LogP contribution in [0.1, 0.15) is 16.9 Å². The SMILES string of the molecule is OCCOCCSc1ncnc2sc3c(c12)CCC3. The molecule has 0 amide bonds. The number of hydrogen-bond donors (Lipinski definition) is 1. The standard InChI is InChI=1S/C13H16N2O2S2/c16-4-5-17-6-7-18-12-11-9-2-1-3-10(9)19-13(11)15-8-14-12/h8,16H,1-7H2. The lowest BCUT2D eigenvalue weighted by Crippen LogP contribution is -2.02. The van der Waals surface area contributed by atoms with Crippen LogP contribution in [-0.2, 0) is 17.6 Å². The van der Waals surface area contributed by atoms with Crippen molar-refractivity contribution in [1.82, 2.24) is 9.97 Å². The van der Waals surface area contributed by atoms with Crippen molar-refractivity contribution in [2.24, 2.45) is 0 Å². The Labute approximate surface area is 120 Å². The van der Waals surface area contributed by atoms with Gasteiger partial charge in [0.15, 0.2) is 0 Å². The van der Waals surface area contributed by atoms with Gasteiger partial charge in [0.1, 0.15) is 16.2 Å². The number of aryl methyl sites for hydroxylation is 2. The summed E-state index contributed by atoms with van der Waals surface area (Å²) in [7, 11) is 0. The number of aliphatic hydroxyl groups is 1. The normalized spacial score (nSPS) is 14.2. The molecule has 0 radical (unpaired) electrons. The average molecular weight is 296 g/mol. The molecule has 0 spiro atoms. The molecule has 0 aliphatic heterocycles. The van der Waals surface area contributed by atoms with Crippen molar-refractivity contribution in [3.8, 4) is 0 Å². The van der Waals surface area contributed by atoms with Crippen LogP contribution in [0, 0.1) is 0 Å². The maximum atomic E-state index is 8.65. The summed E-state index contributed by atoms with van der Waals surface area (Å²) in [6, 6.07) is 0. The minimum Gasteiger partial charge on any atom is -0.394 e. The molecule has 1 aliphatic rings. The molecule has 0 unspecified atom stereocenters. The molecular weight excluding hydrogens is 280 g/mol. The first kappa shape index (κ1) is 13.3. The summed E-state index contributed by atoms with van der Waals surface area (Å²) in [6.07, 6.45) is 5.28. The molecule has 0 bridgehead atoms. The van der Waals surface area contributed by atoms with E-state index < -0.39 is 0 Å². The zero-order chi connectivity index (χ0) is 13.1. The van der Waals surface area contributed by atoms with Gasteiger partial charge in [-0.2, -0.15) is 0 Å². The summed E-state index contributed by atoms with van der Waals surface area (Å²) in [4.78, 5) is 11.4. The zero-order valence-electron chi connectivity index (χ0n) is 10.6. The molecule has 102 valence electrons. The van der Waals surface area contributed by atoms with E-state index in [0.29, 0.717) is 13.2 Å². The number of fused-ring (bicyclic) bond motifs is 3. The van der Waals surface area contributed by atoms with E-state index >= 15 is 0 Å². The molecular formula is C13H16N2O2S2. The molecule has 1 aliphatic carbocycles. The lowest BCUT2D eigenvalue weighted by molar-refractivity contribution is 0.103. The monoisotopic (exact) mass is 296 g/mol. The van der Waals surface area contributed by atoms with Crippen molar-refractivity contribution in [1.29, 1.82) is 0 Å². The fourth-order valence-corrected chi connectivity index (χ4v) is 4.55. The number of aromatic nitrogens is 2. The molecule has 2 aromatic heterocycles. The minimum absolute atomic E-state index is 0.0838. The molecule has 0 saturated heterocycles. The first-order valence-electron chi connectivity index (χ1n) is 6.47. The van der Waals surface area contributed by atoms with E-state index in [4.69, 9.17) is 9.84 Å². The third kappa shape index (κ3) is 2.76. The van der Waals surface area contributed by atoms with Gasteiger partial charge < -0.3 is 9.84 Å². The van der Waals surface area contributed by atoms with Crippen molar-refractivity contribution in [2.75, 3.05) is 25.6 Å². The third-order valence-electron chi connectivity index (χ3n) is 3.17. The molecule has 0 fully saturated rings. The van der Waals surface area contributed by atoms with Gasteiger partial charge in [-0.3, -0.25) is 0 Å². The van der Waals surface area contributed by atoms with E-state index in [1.165, 1.54) is 28.7 Å². The Balaban J connectivity index is 1.75. The number of ether oxygens (including phenoxy) is 1. The molecule has 0 atom stereocenters. The fourth-order valence-electron chi connectivity index (χ4n) is 2.37. The lowest BCUT2D eigenvalue weighted by Gasteiger charge is -2.04. The molecule has 2 aromatic rings. The first-order chi connectivity index (χ1) is 9.40. The second-order valence-electron chi connectivity index (χ2n) is 4.40. The Morgan fingerprint density at radius 1 is 1.32 bits per heavy atom. The predicted molar refractivity (Wildman–Crippen MR) is 78.1 cm³/mol. The van der Waals surface area contributed by atoms with Crippen LogP contribution in [0.25, 0.3) is 10.2 Å². The summed E-state index contributed by atoms with van der Waals surface area (Å²) in [5.41, 5.74) is 1.47. The highest BCUT2D eigenvalue weighted by atomic mass is 32.2. The number of nitrogens with zero attached hydrogens (tertiary/aromatic N) is 2. The van der Waals surface area contributed by atoms with Crippen LogP contribution in [-0.4, -0.2) is 40.6 Å². The quantitative estimate of drug-likeness (QED) is 0.503. The Hall–Kier alpha value is -0.690. The van der Waals surface area contributed by atoms with E-state index in [-0.39, 0.29) is 6.61 Å². The van der Waals surface area contributed by atoms with Crippen LogP contribution in [0.4, 0.5) is 0 Å². The number of thiophene rings is 1. The van der Waals surface area contributed by atoms with E-state index in [0.717, 1.165) is 22.0 Å². The number of hydrogen-bond acceptors (Lipinski definition) is 6. The van der Waals surface area contributed by atoms with Crippen molar-refractivity contribution in [3.63, 3.8) is 0 Å². The maximum absolute atomic E-state index is 8.65. The molecule has 4 nitrogen and oxygen atoms in total. The van der Waals surface area contributed by atoms with Crippen LogP contribution in [0.2, 0.25) is 0 Å². The number of aliphatic hydroxyl groups excluding tert-OH is 1. The molecule has 6 heteroatoms. The Morgan fingerprint density at radius 3 is 3.16 bits per heavy atom. The highest BCUT2D eigenvalue weighted by molar-refractivity contribution is 7.99. The van der Waals surface area contributed by atoms with Gasteiger partial charge in [0, 0.05) is 16.0 Å². The highest BCUT2D eigenvalue weighted by Gasteiger charge is 2.21. The van der Waals surface area contributed by atoms with E-state index in [2.05, 4.69) is 9.97 Å². The van der Waals surface area contributed by atoms with Gasteiger partial charge in [-0.15, -0.1) is 23.1 Å². The fraction of sp³-hybridized carbons (Fsp3) is 0.538. The second kappa shape index (κ2) is 6.17. The summed E-state index contributed by atoms with van der Waals surface area (Å²) in [5.74, 6) is 0.858.